The summed E-state index contributed by atoms with van der Waals surface area (Å²) in [7, 11) is 0. The molecule has 0 aliphatic carbocycles. The van der Waals surface area contributed by atoms with E-state index in [1.165, 1.54) is 6.92 Å². The van der Waals surface area contributed by atoms with Gasteiger partial charge in [-0.25, -0.2) is 4.79 Å². The van der Waals surface area contributed by atoms with E-state index in [2.05, 4.69) is 0 Å². The second kappa shape index (κ2) is 4.51. The molecule has 2 rings (SSSR count). The topological polar surface area (TPSA) is 67.4 Å². The zero-order chi connectivity index (χ0) is 13.8. The van der Waals surface area contributed by atoms with Gasteiger partial charge in [-0.2, -0.15) is 0 Å². The normalized spacial score (nSPS) is 13.2. The summed E-state index contributed by atoms with van der Waals surface area (Å²) in [6.45, 7) is 1.33. The molecule has 0 radical (unpaired) electrons. The fraction of sp³-hybridized carbons (Fsp3) is 0.222. The first-order chi connectivity index (χ1) is 8.29. The SMILES string of the molecule is CC(O)n1c(=O)n(O)c2c(Cl)c(Cl)c(Cl)c(Cl)c21. The zero-order valence-corrected chi connectivity index (χ0v) is 11.8. The van der Waals surface area contributed by atoms with Crippen molar-refractivity contribution in [2.24, 2.45) is 0 Å². The minimum Gasteiger partial charge on any atom is -0.423 e. The summed E-state index contributed by atoms with van der Waals surface area (Å²) in [5, 5.41) is 18.9. The third-order valence-corrected chi connectivity index (χ3v) is 4.21. The van der Waals surface area contributed by atoms with Gasteiger partial charge >= 0.3 is 5.69 Å². The van der Waals surface area contributed by atoms with Crippen LogP contribution in [0.3, 0.4) is 0 Å². The van der Waals surface area contributed by atoms with Crippen molar-refractivity contribution in [2.75, 3.05) is 0 Å². The Labute approximate surface area is 121 Å². The highest BCUT2D eigenvalue weighted by Crippen LogP contribution is 2.42. The number of rotatable bonds is 1. The fourth-order valence-electron chi connectivity index (χ4n) is 1.66. The van der Waals surface area contributed by atoms with E-state index >= 15 is 0 Å². The van der Waals surface area contributed by atoms with Crippen molar-refractivity contribution in [1.29, 1.82) is 0 Å². The van der Waals surface area contributed by atoms with E-state index in [0.29, 0.717) is 0 Å². The molecule has 0 amide bonds. The Morgan fingerprint density at radius 2 is 1.44 bits per heavy atom. The van der Waals surface area contributed by atoms with Crippen molar-refractivity contribution >= 4 is 57.4 Å². The van der Waals surface area contributed by atoms with E-state index in [0.717, 1.165) is 4.57 Å². The second-order valence-corrected chi connectivity index (χ2v) is 5.06. The molecule has 0 aliphatic rings. The van der Waals surface area contributed by atoms with Gasteiger partial charge < -0.3 is 10.3 Å². The van der Waals surface area contributed by atoms with Crippen LogP contribution in [0.25, 0.3) is 11.0 Å². The molecule has 98 valence electrons. The number of nitrogens with zero attached hydrogens (tertiary/aromatic N) is 2. The first-order valence-corrected chi connectivity index (χ1v) is 6.16. The van der Waals surface area contributed by atoms with Crippen LogP contribution in [-0.2, 0) is 0 Å². The molecular formula is C9H6Cl4N2O3. The van der Waals surface area contributed by atoms with E-state index in [9.17, 15) is 15.1 Å². The van der Waals surface area contributed by atoms with Crippen LogP contribution < -0.4 is 5.69 Å². The maximum atomic E-state index is 11.8. The first kappa shape index (κ1) is 13.8. The Morgan fingerprint density at radius 1 is 1.00 bits per heavy atom. The Kier molecular flexibility index (Phi) is 3.46. The summed E-state index contributed by atoms with van der Waals surface area (Å²) in [6, 6.07) is 0. The van der Waals surface area contributed by atoms with Gasteiger partial charge in [0.05, 0.1) is 25.6 Å². The van der Waals surface area contributed by atoms with Crippen molar-refractivity contribution < 1.29 is 10.3 Å². The summed E-state index contributed by atoms with van der Waals surface area (Å²) in [4.78, 5) is 11.8. The molecule has 18 heavy (non-hydrogen) atoms. The summed E-state index contributed by atoms with van der Waals surface area (Å²) in [5.74, 6) is 0. The second-order valence-electron chi connectivity index (χ2n) is 3.55. The van der Waals surface area contributed by atoms with Gasteiger partial charge in [0, 0.05) is 0 Å². The van der Waals surface area contributed by atoms with Crippen LogP contribution in [0, 0.1) is 0 Å². The molecule has 9 heteroatoms. The summed E-state index contributed by atoms with van der Waals surface area (Å²) in [6.07, 6.45) is -1.22. The predicted molar refractivity (Wildman–Crippen MR) is 70.4 cm³/mol. The number of aliphatic hydroxyl groups is 1. The number of aromatic nitrogens is 2. The lowest BCUT2D eigenvalue weighted by atomic mass is 10.3. The van der Waals surface area contributed by atoms with E-state index in [1.54, 1.807) is 0 Å². The largest absolute Gasteiger partial charge is 0.423 e. The van der Waals surface area contributed by atoms with Gasteiger partial charge in [-0.1, -0.05) is 46.4 Å². The third-order valence-electron chi connectivity index (χ3n) is 2.43. The maximum Gasteiger partial charge on any atom is 0.364 e. The van der Waals surface area contributed by atoms with Crippen LogP contribution in [0.15, 0.2) is 4.79 Å². The number of benzene rings is 1. The van der Waals surface area contributed by atoms with Crippen molar-refractivity contribution in [3.8, 4) is 0 Å². The van der Waals surface area contributed by atoms with Crippen LogP contribution in [0.4, 0.5) is 0 Å². The Hall–Kier alpha value is -0.590. The quantitative estimate of drug-likeness (QED) is 0.479. The van der Waals surface area contributed by atoms with Crippen LogP contribution in [0.2, 0.25) is 20.1 Å². The number of imidazole rings is 1. The molecule has 0 fully saturated rings. The van der Waals surface area contributed by atoms with Gasteiger partial charge in [-0.3, -0.25) is 4.57 Å². The average molecular weight is 332 g/mol. The van der Waals surface area contributed by atoms with Crippen LogP contribution in [0.5, 0.6) is 0 Å². The van der Waals surface area contributed by atoms with Crippen LogP contribution in [-0.4, -0.2) is 19.6 Å². The number of hydrogen-bond acceptors (Lipinski definition) is 3. The number of halogens is 4. The van der Waals surface area contributed by atoms with Gasteiger partial charge in [0.25, 0.3) is 0 Å². The minimum absolute atomic E-state index is 0.0126. The molecule has 1 heterocycles. The molecule has 1 atom stereocenters. The predicted octanol–water partition coefficient (Wildman–Crippen LogP) is 3.16. The van der Waals surface area contributed by atoms with Crippen molar-refractivity contribution in [2.45, 2.75) is 13.2 Å². The standard InChI is InChI=1S/C9H6Cl4N2O3/c1-2(16)14-7-5(12)3(10)4(11)6(13)8(7)15(18)9(14)17/h2,16,18H,1H3. The molecule has 0 aliphatic heterocycles. The number of hydrogen-bond donors (Lipinski definition) is 2. The molecule has 1 aromatic heterocycles. The third kappa shape index (κ3) is 1.70. The Bertz CT molecular complexity index is 704. The molecule has 0 saturated carbocycles. The van der Waals surface area contributed by atoms with Crippen molar-refractivity contribution in [3.63, 3.8) is 0 Å². The van der Waals surface area contributed by atoms with E-state index in [4.69, 9.17) is 46.4 Å². The lowest BCUT2D eigenvalue weighted by Crippen LogP contribution is -2.25. The van der Waals surface area contributed by atoms with Gasteiger partial charge in [-0.15, -0.1) is 4.73 Å². The number of aliphatic hydroxyl groups excluding tert-OH is 1. The Balaban J connectivity index is 3.17. The highest BCUT2D eigenvalue weighted by molar-refractivity contribution is 6.55. The van der Waals surface area contributed by atoms with E-state index in [1.807, 2.05) is 0 Å². The van der Waals surface area contributed by atoms with Gasteiger partial charge in [0.2, 0.25) is 0 Å². The van der Waals surface area contributed by atoms with E-state index < -0.39 is 11.9 Å². The minimum atomic E-state index is -1.22. The molecule has 1 unspecified atom stereocenters. The molecule has 0 saturated heterocycles. The van der Waals surface area contributed by atoms with Crippen molar-refractivity contribution in [3.05, 3.63) is 30.6 Å². The monoisotopic (exact) mass is 330 g/mol. The smallest absolute Gasteiger partial charge is 0.364 e. The molecule has 1 aromatic carbocycles. The Morgan fingerprint density at radius 3 is 1.89 bits per heavy atom. The summed E-state index contributed by atoms with van der Waals surface area (Å²) >= 11 is 23.6. The maximum absolute atomic E-state index is 11.8. The lowest BCUT2D eigenvalue weighted by molar-refractivity contribution is 0.112. The van der Waals surface area contributed by atoms with Gasteiger partial charge in [-0.05, 0) is 6.92 Å². The summed E-state index contributed by atoms with van der Waals surface area (Å²) in [5.41, 5.74) is -0.998. The van der Waals surface area contributed by atoms with Gasteiger partial charge in [0.15, 0.2) is 0 Å². The van der Waals surface area contributed by atoms with Gasteiger partial charge in [0.1, 0.15) is 11.7 Å². The van der Waals surface area contributed by atoms with Crippen LogP contribution >= 0.6 is 46.4 Å². The first-order valence-electron chi connectivity index (χ1n) is 4.65. The molecule has 2 aromatic rings. The molecule has 0 bridgehead atoms. The molecule has 2 N–H and O–H groups in total. The van der Waals surface area contributed by atoms with Crippen molar-refractivity contribution in [1.82, 2.24) is 9.30 Å². The average Bonchev–Trinajstić information content (AvgIpc) is 2.57. The molecular weight excluding hydrogens is 326 g/mol. The highest BCUT2D eigenvalue weighted by Gasteiger charge is 2.25. The zero-order valence-electron chi connectivity index (χ0n) is 8.79. The molecule has 0 spiro atoms. The number of fused-ring (bicyclic) bond motifs is 1. The van der Waals surface area contributed by atoms with E-state index in [-0.39, 0.29) is 35.9 Å². The molecule has 5 nitrogen and oxygen atoms in total. The highest BCUT2D eigenvalue weighted by atomic mass is 35.5. The summed E-state index contributed by atoms with van der Waals surface area (Å²) < 4.78 is 1.12. The van der Waals surface area contributed by atoms with Crippen LogP contribution in [0.1, 0.15) is 13.2 Å². The lowest BCUT2D eigenvalue weighted by Gasteiger charge is -2.09. The fourth-order valence-corrected chi connectivity index (χ4v) is 2.67.